The highest BCUT2D eigenvalue weighted by atomic mass is 35.5. The number of nitrogens with zero attached hydrogens (tertiary/aromatic N) is 2. The number of hydrogen-bond acceptors (Lipinski definition) is 7. The smallest absolute Gasteiger partial charge is 0.338 e. The monoisotopic (exact) mass is 620 g/mol. The van der Waals surface area contributed by atoms with E-state index in [1.165, 1.54) is 23.0 Å². The number of carbonyl (C=O) groups excluding carboxylic acids is 1. The van der Waals surface area contributed by atoms with Gasteiger partial charge >= 0.3 is 5.97 Å². The van der Waals surface area contributed by atoms with Crippen LogP contribution in [0.3, 0.4) is 0 Å². The minimum Gasteiger partial charge on any atom is -0.493 e. The lowest BCUT2D eigenvalue weighted by Crippen LogP contribution is -2.39. The number of allylic oxidation sites excluding steroid dienone is 1. The number of thiazole rings is 1. The first-order chi connectivity index (χ1) is 20.3. The third-order valence-corrected chi connectivity index (χ3v) is 8.28. The zero-order chi connectivity index (χ0) is 29.8. The number of aromatic nitrogens is 1. The van der Waals surface area contributed by atoms with Crippen LogP contribution in [-0.4, -0.2) is 24.3 Å². The maximum absolute atomic E-state index is 14.0. The predicted octanol–water partition coefficient (Wildman–Crippen LogP) is 5.86. The Labute approximate surface area is 256 Å². The van der Waals surface area contributed by atoms with Crippen molar-refractivity contribution in [2.24, 2.45) is 4.99 Å². The fraction of sp³-hybridized carbons (Fsp3) is 0.156. The van der Waals surface area contributed by atoms with Gasteiger partial charge in [-0.05, 0) is 54.0 Å². The van der Waals surface area contributed by atoms with Crippen molar-refractivity contribution in [2.45, 2.75) is 19.6 Å². The van der Waals surface area contributed by atoms with Gasteiger partial charge in [0, 0.05) is 0 Å². The van der Waals surface area contributed by atoms with E-state index in [1.807, 2.05) is 30.3 Å². The standard InChI is InChI=1S/C32H26Cl2N2O5S/c1-4-14-40-25-13-11-22(17-26(25)39-3)29-28(31(38)41-18-20-8-6-5-7-9-20)19(2)35-32-36(29)30(37)27(42-32)16-21-10-12-23(33)24(34)15-21/h4-13,15-17,29H,1,14,18H2,2-3H3. The van der Waals surface area contributed by atoms with Gasteiger partial charge in [-0.15, -0.1) is 0 Å². The second-order valence-electron chi connectivity index (χ2n) is 9.33. The lowest BCUT2D eigenvalue weighted by Gasteiger charge is -2.25. The topological polar surface area (TPSA) is 79.1 Å². The summed E-state index contributed by atoms with van der Waals surface area (Å²) in [5, 5.41) is 0.792. The molecular weight excluding hydrogens is 595 g/mol. The summed E-state index contributed by atoms with van der Waals surface area (Å²) in [6, 6.07) is 19.0. The minimum atomic E-state index is -0.831. The van der Waals surface area contributed by atoms with Gasteiger partial charge < -0.3 is 14.2 Å². The van der Waals surface area contributed by atoms with Crippen LogP contribution in [-0.2, 0) is 16.1 Å². The van der Waals surface area contributed by atoms with E-state index >= 15 is 0 Å². The van der Waals surface area contributed by atoms with E-state index in [9.17, 15) is 9.59 Å². The highest BCUT2D eigenvalue weighted by molar-refractivity contribution is 7.07. The van der Waals surface area contributed by atoms with Crippen LogP contribution < -0.4 is 24.4 Å². The maximum atomic E-state index is 14.0. The van der Waals surface area contributed by atoms with Crippen LogP contribution in [0.2, 0.25) is 10.0 Å². The van der Waals surface area contributed by atoms with Crippen LogP contribution in [0.1, 0.15) is 29.7 Å². The molecule has 1 aliphatic rings. The van der Waals surface area contributed by atoms with E-state index in [2.05, 4.69) is 11.6 Å². The summed E-state index contributed by atoms with van der Waals surface area (Å²) in [6.45, 7) is 5.78. The molecule has 1 aromatic heterocycles. The van der Waals surface area contributed by atoms with Crippen molar-refractivity contribution in [3.63, 3.8) is 0 Å². The van der Waals surface area contributed by atoms with Crippen molar-refractivity contribution in [1.82, 2.24) is 4.57 Å². The Morgan fingerprint density at radius 1 is 1.07 bits per heavy atom. The van der Waals surface area contributed by atoms with Crippen molar-refractivity contribution in [1.29, 1.82) is 0 Å². The van der Waals surface area contributed by atoms with Crippen LogP contribution in [0.15, 0.2) is 100 Å². The molecule has 1 atom stereocenters. The summed E-state index contributed by atoms with van der Waals surface area (Å²) in [5.74, 6) is 0.371. The molecule has 0 saturated heterocycles. The molecule has 5 rings (SSSR count). The van der Waals surface area contributed by atoms with Gasteiger partial charge in [-0.3, -0.25) is 9.36 Å². The molecule has 0 bridgehead atoms. The molecule has 1 unspecified atom stereocenters. The molecule has 10 heteroatoms. The first-order valence-corrected chi connectivity index (χ1v) is 14.5. The van der Waals surface area contributed by atoms with E-state index < -0.39 is 12.0 Å². The molecule has 0 radical (unpaired) electrons. The van der Waals surface area contributed by atoms with E-state index in [0.29, 0.717) is 47.7 Å². The van der Waals surface area contributed by atoms with E-state index in [4.69, 9.17) is 37.4 Å². The van der Waals surface area contributed by atoms with Crippen molar-refractivity contribution >= 4 is 46.6 Å². The summed E-state index contributed by atoms with van der Waals surface area (Å²) in [5.41, 5.74) is 2.55. The highest BCUT2D eigenvalue weighted by Crippen LogP contribution is 2.36. The van der Waals surface area contributed by atoms with Gasteiger partial charge in [0.2, 0.25) is 0 Å². The van der Waals surface area contributed by atoms with Crippen molar-refractivity contribution in [3.8, 4) is 11.5 Å². The molecule has 0 aliphatic carbocycles. The van der Waals surface area contributed by atoms with Gasteiger partial charge in [0.25, 0.3) is 5.56 Å². The molecule has 7 nitrogen and oxygen atoms in total. The molecule has 0 spiro atoms. The Hall–Kier alpha value is -4.11. The third-order valence-electron chi connectivity index (χ3n) is 6.56. The van der Waals surface area contributed by atoms with E-state index in [0.717, 1.165) is 5.56 Å². The second-order valence-corrected chi connectivity index (χ2v) is 11.2. The largest absolute Gasteiger partial charge is 0.493 e. The molecule has 4 aromatic rings. The molecule has 1 aliphatic heterocycles. The first kappa shape index (κ1) is 29.4. The molecule has 0 amide bonds. The van der Waals surface area contributed by atoms with Crippen LogP contribution in [0.5, 0.6) is 11.5 Å². The van der Waals surface area contributed by atoms with Gasteiger partial charge in [-0.2, -0.15) is 0 Å². The second kappa shape index (κ2) is 12.8. The molecule has 214 valence electrons. The number of methoxy groups -OCH3 is 1. The number of ether oxygens (including phenoxy) is 3. The molecule has 0 fully saturated rings. The normalized spacial score (nSPS) is 14.7. The predicted molar refractivity (Wildman–Crippen MR) is 165 cm³/mol. The van der Waals surface area contributed by atoms with Crippen LogP contribution >= 0.6 is 34.5 Å². The fourth-order valence-corrected chi connectivity index (χ4v) is 5.93. The number of benzene rings is 3. The lowest BCUT2D eigenvalue weighted by atomic mass is 9.95. The maximum Gasteiger partial charge on any atom is 0.338 e. The zero-order valence-corrected chi connectivity index (χ0v) is 25.1. The van der Waals surface area contributed by atoms with Crippen molar-refractivity contribution < 1.29 is 19.0 Å². The first-order valence-electron chi connectivity index (χ1n) is 12.9. The zero-order valence-electron chi connectivity index (χ0n) is 22.8. The molecule has 3 aromatic carbocycles. The quantitative estimate of drug-likeness (QED) is 0.173. The fourth-order valence-electron chi connectivity index (χ4n) is 4.57. The summed E-state index contributed by atoms with van der Waals surface area (Å²) in [6.07, 6.45) is 3.36. The Balaban J connectivity index is 1.64. The number of esters is 1. The van der Waals surface area contributed by atoms with Crippen molar-refractivity contribution in [2.75, 3.05) is 13.7 Å². The summed E-state index contributed by atoms with van der Waals surface area (Å²) in [7, 11) is 1.53. The average Bonchev–Trinajstić information content (AvgIpc) is 3.30. The van der Waals surface area contributed by atoms with Crippen LogP contribution in [0.25, 0.3) is 6.08 Å². The SMILES string of the molecule is C=CCOc1ccc(C2C(C(=O)OCc3ccccc3)=C(C)N=c3sc(=Cc4ccc(Cl)c(Cl)c4)c(=O)n32)cc1OC. The van der Waals surface area contributed by atoms with Crippen molar-refractivity contribution in [3.05, 3.63) is 137 Å². The van der Waals surface area contributed by atoms with Gasteiger partial charge in [0.15, 0.2) is 16.3 Å². The summed E-state index contributed by atoms with van der Waals surface area (Å²) in [4.78, 5) is 32.7. The number of fused-ring (bicyclic) bond motifs is 1. The molecule has 0 saturated carbocycles. The number of halogens is 2. The van der Waals surface area contributed by atoms with E-state index in [-0.39, 0.29) is 24.3 Å². The van der Waals surface area contributed by atoms with Gasteiger partial charge in [0.1, 0.15) is 13.2 Å². The number of carbonyl (C=O) groups is 1. The van der Waals surface area contributed by atoms with Crippen LogP contribution in [0, 0.1) is 0 Å². The average molecular weight is 622 g/mol. The Kier molecular flexibility index (Phi) is 8.97. The molecular formula is C32H26Cl2N2O5S. The Morgan fingerprint density at radius 3 is 2.57 bits per heavy atom. The Bertz CT molecular complexity index is 1880. The summed E-state index contributed by atoms with van der Waals surface area (Å²) < 4.78 is 19.0. The Morgan fingerprint density at radius 2 is 1.86 bits per heavy atom. The third kappa shape index (κ3) is 6.06. The number of hydrogen-bond donors (Lipinski definition) is 0. The molecule has 0 N–H and O–H groups in total. The van der Waals surface area contributed by atoms with Crippen LogP contribution in [0.4, 0.5) is 0 Å². The molecule has 42 heavy (non-hydrogen) atoms. The van der Waals surface area contributed by atoms with Gasteiger partial charge in [-0.1, -0.05) is 89.7 Å². The van der Waals surface area contributed by atoms with Gasteiger partial charge in [-0.25, -0.2) is 9.79 Å². The summed E-state index contributed by atoms with van der Waals surface area (Å²) >= 11 is 13.5. The number of rotatable bonds is 9. The lowest BCUT2D eigenvalue weighted by molar-refractivity contribution is -0.140. The minimum absolute atomic E-state index is 0.0720. The molecule has 2 heterocycles. The highest BCUT2D eigenvalue weighted by Gasteiger charge is 2.34. The van der Waals surface area contributed by atoms with Gasteiger partial charge in [0.05, 0.1) is 39.0 Å². The van der Waals surface area contributed by atoms with E-state index in [1.54, 1.807) is 55.5 Å².